The zero-order valence-corrected chi connectivity index (χ0v) is 8.82. The van der Waals surface area contributed by atoms with Crippen molar-refractivity contribution in [1.82, 2.24) is 0 Å². The van der Waals surface area contributed by atoms with E-state index in [1.165, 1.54) is 12.1 Å². The standard InChI is InChI=1S/C10H13FOS/c1-10(2,3)13(12)9-6-4-5-8(11)7-9/h4-7H,1-3H3. The molecule has 72 valence electrons. The molecular weight excluding hydrogens is 187 g/mol. The highest BCUT2D eigenvalue weighted by molar-refractivity contribution is 7.86. The van der Waals surface area contributed by atoms with Crippen molar-refractivity contribution in [2.45, 2.75) is 30.4 Å². The lowest BCUT2D eigenvalue weighted by Gasteiger charge is -2.17. The summed E-state index contributed by atoms with van der Waals surface area (Å²) >= 11 is 0. The molecule has 1 nitrogen and oxygen atoms in total. The summed E-state index contributed by atoms with van der Waals surface area (Å²) in [5.74, 6) is -0.338. The van der Waals surface area contributed by atoms with Gasteiger partial charge in [-0.3, -0.25) is 4.21 Å². The smallest absolute Gasteiger partial charge is 0.124 e. The van der Waals surface area contributed by atoms with Gasteiger partial charge in [-0.05, 0) is 39.0 Å². The highest BCUT2D eigenvalue weighted by atomic mass is 32.2. The van der Waals surface area contributed by atoms with Crippen LogP contribution in [0.25, 0.3) is 0 Å². The van der Waals surface area contributed by atoms with E-state index in [4.69, 9.17) is 0 Å². The van der Waals surface area contributed by atoms with Crippen LogP contribution in [-0.2, 0) is 10.8 Å². The lowest BCUT2D eigenvalue weighted by Crippen LogP contribution is -2.21. The van der Waals surface area contributed by atoms with E-state index < -0.39 is 10.8 Å². The second-order valence-corrected chi connectivity index (χ2v) is 6.07. The highest BCUT2D eigenvalue weighted by Gasteiger charge is 2.21. The molecular formula is C10H13FOS. The van der Waals surface area contributed by atoms with Crippen molar-refractivity contribution in [1.29, 1.82) is 0 Å². The summed E-state index contributed by atoms with van der Waals surface area (Å²) < 4.78 is 24.2. The average Bonchev–Trinajstić information content (AvgIpc) is 2.01. The lowest BCUT2D eigenvalue weighted by molar-refractivity contribution is 0.619. The maximum atomic E-state index is 12.8. The van der Waals surface area contributed by atoms with E-state index in [0.29, 0.717) is 4.90 Å². The van der Waals surface area contributed by atoms with Gasteiger partial charge in [0.25, 0.3) is 0 Å². The third-order valence-electron chi connectivity index (χ3n) is 1.57. The molecule has 1 atom stereocenters. The number of benzene rings is 1. The molecule has 1 aromatic carbocycles. The summed E-state index contributed by atoms with van der Waals surface area (Å²) in [5.41, 5.74) is 0. The summed E-state index contributed by atoms with van der Waals surface area (Å²) in [5, 5.41) is 0. The maximum Gasteiger partial charge on any atom is 0.124 e. The van der Waals surface area contributed by atoms with Gasteiger partial charge in [-0.1, -0.05) is 6.07 Å². The van der Waals surface area contributed by atoms with Crippen LogP contribution in [0, 0.1) is 5.82 Å². The normalized spacial score (nSPS) is 14.2. The zero-order valence-electron chi connectivity index (χ0n) is 8.00. The van der Waals surface area contributed by atoms with Gasteiger partial charge < -0.3 is 0 Å². The Morgan fingerprint density at radius 1 is 1.31 bits per heavy atom. The highest BCUT2D eigenvalue weighted by Crippen LogP contribution is 2.20. The van der Waals surface area contributed by atoms with E-state index in [1.807, 2.05) is 20.8 Å². The fourth-order valence-corrected chi connectivity index (χ4v) is 2.06. The molecule has 0 aliphatic rings. The van der Waals surface area contributed by atoms with Gasteiger partial charge in [-0.25, -0.2) is 4.39 Å². The van der Waals surface area contributed by atoms with Crippen molar-refractivity contribution in [3.8, 4) is 0 Å². The van der Waals surface area contributed by atoms with Crippen molar-refractivity contribution >= 4 is 10.8 Å². The predicted octanol–water partition coefficient (Wildman–Crippen LogP) is 2.73. The Kier molecular flexibility index (Phi) is 2.86. The Morgan fingerprint density at radius 2 is 1.92 bits per heavy atom. The van der Waals surface area contributed by atoms with Crippen molar-refractivity contribution in [3.63, 3.8) is 0 Å². The van der Waals surface area contributed by atoms with Gasteiger partial charge in [0.2, 0.25) is 0 Å². The summed E-state index contributed by atoms with van der Waals surface area (Å²) in [6, 6.07) is 5.93. The van der Waals surface area contributed by atoms with E-state index in [9.17, 15) is 8.60 Å². The molecule has 3 heteroatoms. The van der Waals surface area contributed by atoms with Crippen molar-refractivity contribution < 1.29 is 8.60 Å². The van der Waals surface area contributed by atoms with Gasteiger partial charge in [0.1, 0.15) is 5.82 Å². The average molecular weight is 200 g/mol. The van der Waals surface area contributed by atoms with Gasteiger partial charge in [-0.2, -0.15) is 0 Å². The molecule has 0 radical (unpaired) electrons. The van der Waals surface area contributed by atoms with Crippen LogP contribution in [0.3, 0.4) is 0 Å². The van der Waals surface area contributed by atoms with Crippen LogP contribution >= 0.6 is 0 Å². The number of rotatable bonds is 1. The Balaban J connectivity index is 3.03. The van der Waals surface area contributed by atoms with E-state index in [2.05, 4.69) is 0 Å². The van der Waals surface area contributed by atoms with Crippen molar-refractivity contribution in [2.24, 2.45) is 0 Å². The minimum atomic E-state index is -1.15. The van der Waals surface area contributed by atoms with Crippen LogP contribution in [0.4, 0.5) is 4.39 Å². The molecule has 0 amide bonds. The summed E-state index contributed by atoms with van der Waals surface area (Å²) in [7, 11) is -1.15. The molecule has 1 unspecified atom stereocenters. The molecule has 0 bridgehead atoms. The van der Waals surface area contributed by atoms with Gasteiger partial charge in [0.15, 0.2) is 0 Å². The Hall–Kier alpha value is -0.700. The molecule has 13 heavy (non-hydrogen) atoms. The monoisotopic (exact) mass is 200 g/mol. The van der Waals surface area contributed by atoms with E-state index in [-0.39, 0.29) is 10.6 Å². The molecule has 0 spiro atoms. The molecule has 0 saturated carbocycles. The second-order valence-electron chi connectivity index (χ2n) is 3.84. The van der Waals surface area contributed by atoms with Crippen LogP contribution in [0.15, 0.2) is 29.2 Å². The fraction of sp³-hybridized carbons (Fsp3) is 0.400. The van der Waals surface area contributed by atoms with Gasteiger partial charge in [-0.15, -0.1) is 0 Å². The third-order valence-corrected chi connectivity index (χ3v) is 3.36. The minimum absolute atomic E-state index is 0.338. The number of halogens is 1. The minimum Gasteiger partial charge on any atom is -0.254 e. The topological polar surface area (TPSA) is 17.1 Å². The first kappa shape index (κ1) is 10.4. The Bertz CT molecular complexity index is 328. The van der Waals surface area contributed by atoms with Crippen molar-refractivity contribution in [2.75, 3.05) is 0 Å². The Morgan fingerprint density at radius 3 is 2.38 bits per heavy atom. The van der Waals surface area contributed by atoms with Crippen LogP contribution in [0.2, 0.25) is 0 Å². The first-order valence-electron chi connectivity index (χ1n) is 4.09. The molecule has 1 rings (SSSR count). The number of hydrogen-bond donors (Lipinski definition) is 0. The molecule has 0 fully saturated rings. The van der Waals surface area contributed by atoms with E-state index in [1.54, 1.807) is 12.1 Å². The van der Waals surface area contributed by atoms with Crippen molar-refractivity contribution in [3.05, 3.63) is 30.1 Å². The predicted molar refractivity (Wildman–Crippen MR) is 52.6 cm³/mol. The SMILES string of the molecule is CC(C)(C)S(=O)c1cccc(F)c1. The van der Waals surface area contributed by atoms with Gasteiger partial charge in [0.05, 0.1) is 10.8 Å². The van der Waals surface area contributed by atoms with E-state index >= 15 is 0 Å². The van der Waals surface area contributed by atoms with Crippen LogP contribution in [0.1, 0.15) is 20.8 Å². The summed E-state index contributed by atoms with van der Waals surface area (Å²) in [6.07, 6.45) is 0. The zero-order chi connectivity index (χ0) is 10.1. The molecule has 0 aromatic heterocycles. The van der Waals surface area contributed by atoms with Crippen LogP contribution in [0.5, 0.6) is 0 Å². The molecule has 0 aliphatic heterocycles. The van der Waals surface area contributed by atoms with Crippen LogP contribution < -0.4 is 0 Å². The lowest BCUT2D eigenvalue weighted by atomic mass is 10.3. The van der Waals surface area contributed by atoms with E-state index in [0.717, 1.165) is 0 Å². The fourth-order valence-electron chi connectivity index (χ4n) is 0.936. The molecule has 0 heterocycles. The Labute approximate surface area is 80.4 Å². The molecule has 0 N–H and O–H groups in total. The first-order valence-corrected chi connectivity index (χ1v) is 5.24. The maximum absolute atomic E-state index is 12.8. The largest absolute Gasteiger partial charge is 0.254 e. The van der Waals surface area contributed by atoms with Crippen LogP contribution in [-0.4, -0.2) is 8.96 Å². The first-order chi connectivity index (χ1) is 5.91. The van der Waals surface area contributed by atoms with Gasteiger partial charge in [0, 0.05) is 9.64 Å². The molecule has 0 saturated heterocycles. The second kappa shape index (κ2) is 3.58. The summed E-state index contributed by atoms with van der Waals surface area (Å²) in [4.78, 5) is 0.549. The molecule has 1 aromatic rings. The summed E-state index contributed by atoms with van der Waals surface area (Å²) in [6.45, 7) is 5.61. The quantitative estimate of drug-likeness (QED) is 0.681. The number of hydrogen-bond acceptors (Lipinski definition) is 1. The molecule has 0 aliphatic carbocycles. The third kappa shape index (κ3) is 2.62. The van der Waals surface area contributed by atoms with Gasteiger partial charge >= 0.3 is 0 Å².